The van der Waals surface area contributed by atoms with Crippen molar-refractivity contribution in [2.45, 2.75) is 25.7 Å². The molecule has 0 bridgehead atoms. The van der Waals surface area contributed by atoms with Gasteiger partial charge in [0.2, 0.25) is 5.91 Å². The predicted octanol–water partition coefficient (Wildman–Crippen LogP) is 5.26. The second-order valence-electron chi connectivity index (χ2n) is 7.02. The number of allylic oxidation sites excluding steroid dienone is 1. The van der Waals surface area contributed by atoms with E-state index in [2.05, 4.69) is 42.2 Å². The fraction of sp³-hybridized carbons (Fsp3) is 0.273. The Morgan fingerprint density at radius 1 is 1.28 bits per heavy atom. The van der Waals surface area contributed by atoms with Gasteiger partial charge in [0.05, 0.1) is 29.2 Å². The zero-order valence-electron chi connectivity index (χ0n) is 15.9. The van der Waals surface area contributed by atoms with Crippen molar-refractivity contribution in [2.24, 2.45) is 0 Å². The van der Waals surface area contributed by atoms with Crippen LogP contribution < -0.4 is 4.90 Å². The van der Waals surface area contributed by atoms with E-state index in [4.69, 9.17) is 11.6 Å². The first-order chi connectivity index (χ1) is 14.0. The third kappa shape index (κ3) is 3.61. The van der Waals surface area contributed by atoms with E-state index in [9.17, 15) is 14.4 Å². The number of benzene rings is 2. The van der Waals surface area contributed by atoms with Crippen LogP contribution in [0.2, 0.25) is 5.02 Å². The minimum atomic E-state index is -0.657. The third-order valence-corrected chi connectivity index (χ3v) is 6.84. The maximum atomic E-state index is 14.5. The van der Waals surface area contributed by atoms with E-state index in [0.29, 0.717) is 23.1 Å². The normalized spacial score (nSPS) is 19.2. The molecule has 29 heavy (non-hydrogen) atoms. The van der Waals surface area contributed by atoms with Gasteiger partial charge in [-0.05, 0) is 36.2 Å². The van der Waals surface area contributed by atoms with E-state index in [1.54, 1.807) is 11.0 Å². The van der Waals surface area contributed by atoms with Gasteiger partial charge in [0, 0.05) is 28.6 Å². The number of hydrogen-bond donors (Lipinski definition) is 0. The molecule has 0 aromatic heterocycles. The molecular formula is C22H19ClFN3OS. The van der Waals surface area contributed by atoms with Crippen LogP contribution >= 0.6 is 23.4 Å². The summed E-state index contributed by atoms with van der Waals surface area (Å²) in [6, 6.07) is 14.9. The molecular weight excluding hydrogens is 409 g/mol. The van der Waals surface area contributed by atoms with Crippen LogP contribution in [-0.4, -0.2) is 23.4 Å². The highest BCUT2D eigenvalue weighted by molar-refractivity contribution is 8.03. The van der Waals surface area contributed by atoms with Crippen LogP contribution in [-0.2, 0) is 11.2 Å². The van der Waals surface area contributed by atoms with Crippen molar-refractivity contribution in [3.05, 3.63) is 75.0 Å². The number of aryl methyl sites for hydroxylation is 1. The topological polar surface area (TPSA) is 47.3 Å². The summed E-state index contributed by atoms with van der Waals surface area (Å²) in [5.74, 6) is -0.676. The van der Waals surface area contributed by atoms with E-state index in [1.165, 1.54) is 29.5 Å². The Balaban J connectivity index is 1.67. The number of hydrogen-bond acceptors (Lipinski definition) is 4. The molecule has 2 aromatic carbocycles. The van der Waals surface area contributed by atoms with Crippen molar-refractivity contribution in [3.8, 4) is 6.07 Å². The fourth-order valence-electron chi connectivity index (χ4n) is 3.76. The number of carbonyl (C=O) groups excluding carboxylic acids is 1. The Morgan fingerprint density at radius 3 is 2.69 bits per heavy atom. The fourth-order valence-corrected chi connectivity index (χ4v) is 5.22. The average Bonchev–Trinajstić information content (AvgIpc) is 2.74. The lowest BCUT2D eigenvalue weighted by molar-refractivity contribution is -0.129. The molecule has 2 aromatic rings. The van der Waals surface area contributed by atoms with Crippen molar-refractivity contribution >= 4 is 35.0 Å². The molecule has 2 aliphatic rings. The molecule has 1 unspecified atom stereocenters. The summed E-state index contributed by atoms with van der Waals surface area (Å²) in [6.45, 7) is 2.48. The van der Waals surface area contributed by atoms with Crippen LogP contribution in [0.3, 0.4) is 0 Å². The van der Waals surface area contributed by atoms with E-state index in [1.807, 2.05) is 0 Å². The second-order valence-corrected chi connectivity index (χ2v) is 8.36. The number of anilines is 1. The first kappa shape index (κ1) is 19.8. The van der Waals surface area contributed by atoms with Crippen molar-refractivity contribution in [3.63, 3.8) is 0 Å². The number of thioether (sulfide) groups is 1. The lowest BCUT2D eigenvalue weighted by Crippen LogP contribution is -2.47. The van der Waals surface area contributed by atoms with Gasteiger partial charge in [-0.1, -0.05) is 48.5 Å². The molecule has 1 amide bonds. The maximum Gasteiger partial charge on any atom is 0.229 e. The standard InChI is InChI=1S/C22H19ClFN3OS/c1-2-14-6-8-15(9-7-14)26-12-27-20(28)10-16(17(11-25)22(27)29-13-26)21-18(23)4-3-5-19(21)24/h3-9,16H,2,10,12-13H2,1H3. The molecule has 0 radical (unpaired) electrons. The summed E-state index contributed by atoms with van der Waals surface area (Å²) in [7, 11) is 0. The van der Waals surface area contributed by atoms with Crippen molar-refractivity contribution in [2.75, 3.05) is 17.4 Å². The minimum Gasteiger partial charge on any atom is -0.344 e. The highest BCUT2D eigenvalue weighted by Crippen LogP contribution is 2.45. The lowest BCUT2D eigenvalue weighted by atomic mass is 9.86. The average molecular weight is 428 g/mol. The summed E-state index contributed by atoms with van der Waals surface area (Å²) < 4.78 is 14.5. The predicted molar refractivity (Wildman–Crippen MR) is 114 cm³/mol. The van der Waals surface area contributed by atoms with Crippen LogP contribution in [0.25, 0.3) is 0 Å². The Kier molecular flexibility index (Phi) is 5.53. The Hall–Kier alpha value is -2.49. The van der Waals surface area contributed by atoms with Crippen LogP contribution in [0, 0.1) is 17.1 Å². The first-order valence-corrected chi connectivity index (χ1v) is 10.7. The number of amides is 1. The quantitative estimate of drug-likeness (QED) is 0.670. The van der Waals surface area contributed by atoms with E-state index in [0.717, 1.165) is 12.1 Å². The molecule has 1 saturated heterocycles. The van der Waals surface area contributed by atoms with Crippen LogP contribution in [0.15, 0.2) is 53.1 Å². The van der Waals surface area contributed by atoms with Gasteiger partial charge in [0.1, 0.15) is 5.82 Å². The van der Waals surface area contributed by atoms with Gasteiger partial charge in [-0.15, -0.1) is 0 Å². The molecule has 0 aliphatic carbocycles. The number of nitriles is 1. The third-order valence-electron chi connectivity index (χ3n) is 5.35. The van der Waals surface area contributed by atoms with Crippen LogP contribution in [0.4, 0.5) is 10.1 Å². The Labute approximate surface area is 178 Å². The highest BCUT2D eigenvalue weighted by atomic mass is 35.5. The second kappa shape index (κ2) is 8.10. The van der Waals surface area contributed by atoms with E-state index in [-0.39, 0.29) is 22.9 Å². The van der Waals surface area contributed by atoms with Gasteiger partial charge in [-0.2, -0.15) is 5.26 Å². The van der Waals surface area contributed by atoms with Crippen molar-refractivity contribution in [1.29, 1.82) is 5.26 Å². The van der Waals surface area contributed by atoms with Gasteiger partial charge < -0.3 is 4.90 Å². The summed E-state index contributed by atoms with van der Waals surface area (Å²) in [6.07, 6.45) is 0.994. The smallest absolute Gasteiger partial charge is 0.229 e. The maximum absolute atomic E-state index is 14.5. The van der Waals surface area contributed by atoms with Crippen molar-refractivity contribution in [1.82, 2.24) is 4.90 Å². The van der Waals surface area contributed by atoms with Gasteiger partial charge >= 0.3 is 0 Å². The monoisotopic (exact) mass is 427 g/mol. The number of fused-ring (bicyclic) bond motifs is 1. The number of halogens is 2. The molecule has 7 heteroatoms. The molecule has 0 saturated carbocycles. The van der Waals surface area contributed by atoms with Crippen LogP contribution in [0.5, 0.6) is 0 Å². The summed E-state index contributed by atoms with van der Waals surface area (Å²) in [5.41, 5.74) is 2.91. The molecule has 4 rings (SSSR count). The van der Waals surface area contributed by atoms with Gasteiger partial charge in [-0.3, -0.25) is 9.69 Å². The summed E-state index contributed by atoms with van der Waals surface area (Å²) >= 11 is 7.65. The molecule has 4 nitrogen and oxygen atoms in total. The molecule has 148 valence electrons. The molecule has 2 aliphatic heterocycles. The van der Waals surface area contributed by atoms with Gasteiger partial charge in [-0.25, -0.2) is 4.39 Å². The summed E-state index contributed by atoms with van der Waals surface area (Å²) in [4.78, 5) is 16.7. The summed E-state index contributed by atoms with van der Waals surface area (Å²) in [5, 5.41) is 10.7. The first-order valence-electron chi connectivity index (χ1n) is 9.38. The van der Waals surface area contributed by atoms with Crippen molar-refractivity contribution < 1.29 is 9.18 Å². The largest absolute Gasteiger partial charge is 0.344 e. The SMILES string of the molecule is CCc1ccc(N2CSC3=C(C#N)C(c4c(F)cccc4Cl)CC(=O)N3C2)cc1. The number of rotatable bonds is 3. The van der Waals surface area contributed by atoms with Gasteiger partial charge in [0.25, 0.3) is 0 Å². The molecule has 0 N–H and O–H groups in total. The van der Waals surface area contributed by atoms with E-state index < -0.39 is 11.7 Å². The lowest BCUT2D eigenvalue weighted by Gasteiger charge is -2.42. The zero-order chi connectivity index (χ0) is 20.5. The Morgan fingerprint density at radius 2 is 2.03 bits per heavy atom. The molecule has 0 spiro atoms. The van der Waals surface area contributed by atoms with E-state index >= 15 is 0 Å². The Bertz CT molecular complexity index is 1010. The molecule has 2 heterocycles. The van der Waals surface area contributed by atoms with Gasteiger partial charge in [0.15, 0.2) is 0 Å². The van der Waals surface area contributed by atoms with Crippen LogP contribution in [0.1, 0.15) is 30.4 Å². The highest BCUT2D eigenvalue weighted by Gasteiger charge is 2.39. The minimum absolute atomic E-state index is 0.0240. The number of nitrogens with zero attached hydrogens (tertiary/aromatic N) is 3. The molecule has 1 fully saturated rings. The zero-order valence-corrected chi connectivity index (χ0v) is 17.4. The molecule has 1 atom stereocenters. The number of carbonyl (C=O) groups is 1.